The number of halogens is 1. The quantitative estimate of drug-likeness (QED) is 0.738. The van der Waals surface area contributed by atoms with E-state index < -0.39 is 6.10 Å². The second kappa shape index (κ2) is 4.48. The number of aromatic nitrogens is 2. The lowest BCUT2D eigenvalue weighted by Crippen LogP contribution is -1.96. The minimum Gasteiger partial charge on any atom is -0.389 e. The molecule has 0 saturated carbocycles. The van der Waals surface area contributed by atoms with Gasteiger partial charge >= 0.3 is 0 Å². The summed E-state index contributed by atoms with van der Waals surface area (Å²) in [6, 6.07) is 8.18. The van der Waals surface area contributed by atoms with Gasteiger partial charge < -0.3 is 10.1 Å². The van der Waals surface area contributed by atoms with E-state index in [0.717, 1.165) is 22.0 Å². The van der Waals surface area contributed by atoms with Crippen molar-refractivity contribution < 1.29 is 9.50 Å². The summed E-state index contributed by atoms with van der Waals surface area (Å²) in [4.78, 5) is 7.41. The predicted molar refractivity (Wildman–Crippen MR) is 72.1 cm³/mol. The van der Waals surface area contributed by atoms with Crippen LogP contribution in [0.25, 0.3) is 22.2 Å². The topological polar surface area (TPSA) is 48.9 Å². The standard InChI is InChI=1S/C15H13FN2O/c1-9(19)11-3-2-6-17-15(11)13-8-18-14-5-4-10(16)7-12(13)14/h2-9,18-19H,1H3. The number of benzene rings is 1. The maximum absolute atomic E-state index is 13.4. The van der Waals surface area contributed by atoms with E-state index >= 15 is 0 Å². The summed E-state index contributed by atoms with van der Waals surface area (Å²) < 4.78 is 13.4. The molecule has 3 rings (SSSR count). The van der Waals surface area contributed by atoms with Crippen molar-refractivity contribution in [3.05, 3.63) is 54.1 Å². The third kappa shape index (κ3) is 2.00. The summed E-state index contributed by atoms with van der Waals surface area (Å²) in [5, 5.41) is 10.6. The summed E-state index contributed by atoms with van der Waals surface area (Å²) in [5.74, 6) is -0.289. The second-order valence-electron chi connectivity index (χ2n) is 4.51. The maximum atomic E-state index is 13.4. The molecule has 0 fully saturated rings. The first-order valence-corrected chi connectivity index (χ1v) is 6.07. The van der Waals surface area contributed by atoms with Crippen LogP contribution in [0.5, 0.6) is 0 Å². The zero-order valence-electron chi connectivity index (χ0n) is 10.4. The van der Waals surface area contributed by atoms with Crippen molar-refractivity contribution >= 4 is 10.9 Å². The van der Waals surface area contributed by atoms with E-state index in [4.69, 9.17) is 0 Å². The first kappa shape index (κ1) is 11.9. The van der Waals surface area contributed by atoms with Crippen molar-refractivity contribution in [2.75, 3.05) is 0 Å². The van der Waals surface area contributed by atoms with Crippen molar-refractivity contribution in [3.8, 4) is 11.3 Å². The SMILES string of the molecule is CC(O)c1cccnc1-c1c[nH]c2ccc(F)cc12. The van der Waals surface area contributed by atoms with Crippen molar-refractivity contribution in [3.63, 3.8) is 0 Å². The van der Waals surface area contributed by atoms with Crippen LogP contribution in [-0.2, 0) is 0 Å². The van der Waals surface area contributed by atoms with E-state index in [9.17, 15) is 9.50 Å². The first-order valence-electron chi connectivity index (χ1n) is 6.07. The summed E-state index contributed by atoms with van der Waals surface area (Å²) >= 11 is 0. The van der Waals surface area contributed by atoms with E-state index in [2.05, 4.69) is 9.97 Å². The van der Waals surface area contributed by atoms with Crippen LogP contribution in [0.4, 0.5) is 4.39 Å². The molecule has 2 N–H and O–H groups in total. The van der Waals surface area contributed by atoms with Crippen LogP contribution in [0, 0.1) is 5.82 Å². The smallest absolute Gasteiger partial charge is 0.123 e. The molecule has 0 aliphatic carbocycles. The third-order valence-corrected chi connectivity index (χ3v) is 3.19. The van der Waals surface area contributed by atoms with Gasteiger partial charge in [-0.1, -0.05) is 6.07 Å². The number of H-pyrrole nitrogens is 1. The molecule has 0 radical (unpaired) electrons. The molecule has 96 valence electrons. The first-order chi connectivity index (χ1) is 9.16. The Kier molecular flexibility index (Phi) is 2.80. The van der Waals surface area contributed by atoms with Crippen molar-refractivity contribution in [2.24, 2.45) is 0 Å². The number of nitrogens with one attached hydrogen (secondary N) is 1. The van der Waals surface area contributed by atoms with Gasteiger partial charge in [0.25, 0.3) is 0 Å². The fourth-order valence-corrected chi connectivity index (χ4v) is 2.27. The van der Waals surface area contributed by atoms with Crippen LogP contribution in [0.15, 0.2) is 42.7 Å². The molecule has 2 heterocycles. The molecule has 0 saturated heterocycles. The zero-order valence-corrected chi connectivity index (χ0v) is 10.4. The fraction of sp³-hybridized carbons (Fsp3) is 0.133. The number of fused-ring (bicyclic) bond motifs is 1. The van der Waals surface area contributed by atoms with Gasteiger partial charge in [0.1, 0.15) is 5.82 Å². The predicted octanol–water partition coefficient (Wildman–Crippen LogP) is 3.42. The Balaban J connectivity index is 2.28. The number of aromatic amines is 1. The monoisotopic (exact) mass is 256 g/mol. The number of nitrogens with zero attached hydrogens (tertiary/aromatic N) is 1. The average molecular weight is 256 g/mol. The van der Waals surface area contributed by atoms with E-state index in [1.807, 2.05) is 6.07 Å². The Labute approximate surface area is 109 Å². The fourth-order valence-electron chi connectivity index (χ4n) is 2.27. The summed E-state index contributed by atoms with van der Waals surface area (Å²) in [5.41, 5.74) is 3.05. The second-order valence-corrected chi connectivity index (χ2v) is 4.51. The molecule has 0 spiro atoms. The molecule has 0 aliphatic heterocycles. The highest BCUT2D eigenvalue weighted by atomic mass is 19.1. The van der Waals surface area contributed by atoms with Crippen LogP contribution < -0.4 is 0 Å². The van der Waals surface area contributed by atoms with Crippen LogP contribution in [0.1, 0.15) is 18.6 Å². The molecular formula is C15H13FN2O. The lowest BCUT2D eigenvalue weighted by molar-refractivity contribution is 0.199. The van der Waals surface area contributed by atoms with Crippen molar-refractivity contribution in [1.82, 2.24) is 9.97 Å². The molecule has 0 aliphatic rings. The van der Waals surface area contributed by atoms with E-state index in [1.165, 1.54) is 12.1 Å². The molecule has 1 atom stereocenters. The van der Waals surface area contributed by atoms with Gasteiger partial charge in [-0.3, -0.25) is 4.98 Å². The average Bonchev–Trinajstić information content (AvgIpc) is 2.81. The number of rotatable bonds is 2. The molecular weight excluding hydrogens is 243 g/mol. The highest BCUT2D eigenvalue weighted by molar-refractivity contribution is 5.95. The molecule has 0 bridgehead atoms. The molecule has 2 aromatic heterocycles. The summed E-state index contributed by atoms with van der Waals surface area (Å²) in [6.45, 7) is 1.69. The van der Waals surface area contributed by atoms with Gasteiger partial charge in [-0.2, -0.15) is 0 Å². The number of hydrogen-bond donors (Lipinski definition) is 2. The lowest BCUT2D eigenvalue weighted by atomic mass is 10.0. The van der Waals surface area contributed by atoms with Gasteiger partial charge in [0.2, 0.25) is 0 Å². The molecule has 0 amide bonds. The van der Waals surface area contributed by atoms with Crippen molar-refractivity contribution in [1.29, 1.82) is 0 Å². The van der Waals surface area contributed by atoms with Gasteiger partial charge in [-0.15, -0.1) is 0 Å². The molecule has 3 aromatic rings. The van der Waals surface area contributed by atoms with Gasteiger partial charge in [0.05, 0.1) is 11.8 Å². The Bertz CT molecular complexity index is 734. The van der Waals surface area contributed by atoms with Crippen LogP contribution in [-0.4, -0.2) is 15.1 Å². The molecule has 19 heavy (non-hydrogen) atoms. The normalized spacial score (nSPS) is 12.8. The zero-order chi connectivity index (χ0) is 13.4. The Morgan fingerprint density at radius 1 is 1.32 bits per heavy atom. The Hall–Kier alpha value is -2.20. The molecule has 1 unspecified atom stereocenters. The maximum Gasteiger partial charge on any atom is 0.123 e. The highest BCUT2D eigenvalue weighted by Gasteiger charge is 2.14. The molecule has 3 nitrogen and oxygen atoms in total. The van der Waals surface area contributed by atoms with Gasteiger partial charge in [0, 0.05) is 34.4 Å². The van der Waals surface area contributed by atoms with Crippen LogP contribution >= 0.6 is 0 Å². The highest BCUT2D eigenvalue weighted by Crippen LogP contribution is 2.32. The minimum atomic E-state index is -0.623. The van der Waals surface area contributed by atoms with Crippen LogP contribution in [0.3, 0.4) is 0 Å². The number of pyridine rings is 1. The molecule has 4 heteroatoms. The van der Waals surface area contributed by atoms with Gasteiger partial charge in [-0.25, -0.2) is 4.39 Å². The van der Waals surface area contributed by atoms with Crippen molar-refractivity contribution in [2.45, 2.75) is 13.0 Å². The van der Waals surface area contributed by atoms with Gasteiger partial charge in [0.15, 0.2) is 0 Å². The molecule has 1 aromatic carbocycles. The summed E-state index contributed by atoms with van der Waals surface area (Å²) in [7, 11) is 0. The minimum absolute atomic E-state index is 0.289. The number of aliphatic hydroxyl groups excluding tert-OH is 1. The lowest BCUT2D eigenvalue weighted by Gasteiger charge is -2.09. The number of aliphatic hydroxyl groups is 1. The van der Waals surface area contributed by atoms with E-state index in [0.29, 0.717) is 5.69 Å². The van der Waals surface area contributed by atoms with Gasteiger partial charge in [-0.05, 0) is 31.2 Å². The largest absolute Gasteiger partial charge is 0.389 e. The van der Waals surface area contributed by atoms with E-state index in [1.54, 1.807) is 31.5 Å². The third-order valence-electron chi connectivity index (χ3n) is 3.19. The Morgan fingerprint density at radius 3 is 2.95 bits per heavy atom. The number of hydrogen-bond acceptors (Lipinski definition) is 2. The van der Waals surface area contributed by atoms with Crippen LogP contribution in [0.2, 0.25) is 0 Å². The Morgan fingerprint density at radius 2 is 2.16 bits per heavy atom. The summed E-state index contributed by atoms with van der Waals surface area (Å²) in [6.07, 6.45) is 2.83. The van der Waals surface area contributed by atoms with E-state index in [-0.39, 0.29) is 5.82 Å².